The van der Waals surface area contributed by atoms with Crippen LogP contribution < -0.4 is 10.5 Å². The highest BCUT2D eigenvalue weighted by molar-refractivity contribution is 9.10. The molecule has 0 aliphatic heterocycles. The van der Waals surface area contributed by atoms with Crippen molar-refractivity contribution in [2.24, 2.45) is 5.73 Å². The zero-order valence-corrected chi connectivity index (χ0v) is 11.1. The maximum Gasteiger partial charge on any atom is 0.123 e. The summed E-state index contributed by atoms with van der Waals surface area (Å²) in [5.74, 6) is 1.62. The Morgan fingerprint density at radius 1 is 1.53 bits per heavy atom. The normalized spacial score (nSPS) is 12.4. The fourth-order valence-electron chi connectivity index (χ4n) is 1.65. The van der Waals surface area contributed by atoms with Crippen molar-refractivity contribution < 1.29 is 4.74 Å². The first-order valence-corrected chi connectivity index (χ1v) is 6.07. The van der Waals surface area contributed by atoms with Crippen LogP contribution in [0.1, 0.15) is 17.4 Å². The van der Waals surface area contributed by atoms with E-state index in [4.69, 9.17) is 10.5 Å². The minimum atomic E-state index is -0.145. The van der Waals surface area contributed by atoms with Crippen LogP contribution in [-0.4, -0.2) is 17.1 Å². The van der Waals surface area contributed by atoms with Crippen LogP contribution in [0, 0.1) is 0 Å². The van der Waals surface area contributed by atoms with Crippen molar-refractivity contribution in [1.29, 1.82) is 0 Å². The molecule has 1 atom stereocenters. The maximum absolute atomic E-state index is 6.08. The molecule has 3 N–H and O–H groups in total. The number of aromatic amines is 1. The Hall–Kier alpha value is -1.33. The third-order valence-corrected chi connectivity index (χ3v) is 3.34. The van der Waals surface area contributed by atoms with Crippen LogP contribution in [0.3, 0.4) is 0 Å². The van der Waals surface area contributed by atoms with E-state index in [0.717, 1.165) is 21.6 Å². The zero-order valence-electron chi connectivity index (χ0n) is 9.48. The largest absolute Gasteiger partial charge is 0.497 e. The predicted molar refractivity (Wildman–Crippen MR) is 69.9 cm³/mol. The number of nitrogens with two attached hydrogens (primary N) is 1. The molecule has 0 aliphatic rings. The topological polar surface area (TPSA) is 63.9 Å². The number of ether oxygens (including phenoxy) is 1. The van der Waals surface area contributed by atoms with Crippen LogP contribution in [0.25, 0.3) is 0 Å². The van der Waals surface area contributed by atoms with E-state index < -0.39 is 0 Å². The first kappa shape index (κ1) is 12.1. The smallest absolute Gasteiger partial charge is 0.123 e. The molecule has 0 bridgehead atoms. The fourth-order valence-corrected chi connectivity index (χ4v) is 2.06. The average Bonchev–Trinajstić information content (AvgIpc) is 2.85. The van der Waals surface area contributed by atoms with Gasteiger partial charge in [-0.15, -0.1) is 0 Å². The number of hydrogen-bond donors (Lipinski definition) is 2. The third-order valence-electron chi connectivity index (χ3n) is 2.56. The lowest BCUT2D eigenvalue weighted by molar-refractivity contribution is 0.414. The summed E-state index contributed by atoms with van der Waals surface area (Å²) in [5.41, 5.74) is 7.18. The highest BCUT2D eigenvalue weighted by Crippen LogP contribution is 2.25. The molecule has 90 valence electrons. The number of methoxy groups -OCH3 is 1. The molecule has 0 amide bonds. The lowest BCUT2D eigenvalue weighted by atomic mass is 10.1. The minimum Gasteiger partial charge on any atom is -0.497 e. The Balaban J connectivity index is 2.18. The van der Waals surface area contributed by atoms with Gasteiger partial charge in [-0.3, -0.25) is 0 Å². The summed E-state index contributed by atoms with van der Waals surface area (Å²) in [6, 6.07) is 5.70. The molecule has 0 radical (unpaired) electrons. The van der Waals surface area contributed by atoms with Crippen LogP contribution in [0.15, 0.2) is 35.1 Å². The molecule has 1 heterocycles. The average molecular weight is 296 g/mol. The van der Waals surface area contributed by atoms with Crippen molar-refractivity contribution in [1.82, 2.24) is 9.97 Å². The summed E-state index contributed by atoms with van der Waals surface area (Å²) >= 11 is 3.51. The number of rotatable bonds is 4. The predicted octanol–water partition coefficient (Wildman–Crippen LogP) is 2.42. The van der Waals surface area contributed by atoms with E-state index in [9.17, 15) is 0 Å². The van der Waals surface area contributed by atoms with Crippen molar-refractivity contribution in [3.8, 4) is 5.75 Å². The van der Waals surface area contributed by atoms with E-state index in [0.29, 0.717) is 6.42 Å². The first-order chi connectivity index (χ1) is 8.20. The molecule has 2 rings (SSSR count). The minimum absolute atomic E-state index is 0.145. The van der Waals surface area contributed by atoms with Crippen molar-refractivity contribution in [3.63, 3.8) is 0 Å². The molecule has 1 unspecified atom stereocenters. The van der Waals surface area contributed by atoms with Gasteiger partial charge in [0.05, 0.1) is 13.2 Å². The summed E-state index contributed by atoms with van der Waals surface area (Å²) in [6.07, 6.45) is 4.18. The Kier molecular flexibility index (Phi) is 3.81. The summed E-state index contributed by atoms with van der Waals surface area (Å²) in [6.45, 7) is 0. The lowest BCUT2D eigenvalue weighted by Crippen LogP contribution is -2.15. The standard InChI is InChI=1S/C12H14BrN3O/c1-17-9-2-3-10(13)8(6-9)7-11(14)12-15-4-5-16-12/h2-6,11H,7,14H2,1H3,(H,15,16). The second-order valence-electron chi connectivity index (χ2n) is 3.74. The SMILES string of the molecule is COc1ccc(Br)c(CC(N)c2ncc[nH]2)c1. The molecule has 4 nitrogen and oxygen atoms in total. The van der Waals surface area contributed by atoms with E-state index in [1.54, 1.807) is 19.5 Å². The second kappa shape index (κ2) is 5.33. The van der Waals surface area contributed by atoms with Gasteiger partial charge in [0, 0.05) is 16.9 Å². The van der Waals surface area contributed by atoms with E-state index in [-0.39, 0.29) is 6.04 Å². The lowest BCUT2D eigenvalue weighted by Gasteiger charge is -2.11. The van der Waals surface area contributed by atoms with Crippen LogP contribution in [-0.2, 0) is 6.42 Å². The van der Waals surface area contributed by atoms with Crippen molar-refractivity contribution in [2.75, 3.05) is 7.11 Å². The molecular weight excluding hydrogens is 282 g/mol. The Bertz CT molecular complexity index is 485. The molecular formula is C12H14BrN3O. The van der Waals surface area contributed by atoms with Crippen LogP contribution in [0.4, 0.5) is 0 Å². The number of imidazole rings is 1. The molecule has 0 fully saturated rings. The van der Waals surface area contributed by atoms with Crippen LogP contribution >= 0.6 is 15.9 Å². The Morgan fingerprint density at radius 2 is 2.35 bits per heavy atom. The number of H-pyrrole nitrogens is 1. The quantitative estimate of drug-likeness (QED) is 0.910. The third kappa shape index (κ3) is 2.87. The van der Waals surface area contributed by atoms with Gasteiger partial charge in [-0.1, -0.05) is 15.9 Å². The number of hydrogen-bond acceptors (Lipinski definition) is 3. The van der Waals surface area contributed by atoms with E-state index in [1.807, 2.05) is 18.2 Å². The highest BCUT2D eigenvalue weighted by Gasteiger charge is 2.12. The summed E-state index contributed by atoms with van der Waals surface area (Å²) in [7, 11) is 1.65. The van der Waals surface area contributed by atoms with Crippen molar-refractivity contribution in [2.45, 2.75) is 12.5 Å². The molecule has 5 heteroatoms. The van der Waals surface area contributed by atoms with Gasteiger partial charge in [-0.25, -0.2) is 4.98 Å². The highest BCUT2D eigenvalue weighted by atomic mass is 79.9. The zero-order chi connectivity index (χ0) is 12.3. The molecule has 0 saturated carbocycles. The monoisotopic (exact) mass is 295 g/mol. The molecule has 1 aromatic carbocycles. The Morgan fingerprint density at radius 3 is 3.00 bits per heavy atom. The van der Waals surface area contributed by atoms with Gasteiger partial charge >= 0.3 is 0 Å². The van der Waals surface area contributed by atoms with E-state index in [2.05, 4.69) is 25.9 Å². The van der Waals surface area contributed by atoms with Crippen LogP contribution in [0.5, 0.6) is 5.75 Å². The van der Waals surface area contributed by atoms with Gasteiger partial charge in [0.15, 0.2) is 0 Å². The van der Waals surface area contributed by atoms with Crippen molar-refractivity contribution >= 4 is 15.9 Å². The maximum atomic E-state index is 6.08. The molecule has 17 heavy (non-hydrogen) atoms. The molecule has 1 aromatic heterocycles. The number of aromatic nitrogens is 2. The van der Waals surface area contributed by atoms with Gasteiger partial charge in [0.25, 0.3) is 0 Å². The number of benzene rings is 1. The molecule has 0 spiro atoms. The summed E-state index contributed by atoms with van der Waals surface area (Å²) in [5, 5.41) is 0. The van der Waals surface area contributed by atoms with Gasteiger partial charge < -0.3 is 15.5 Å². The summed E-state index contributed by atoms with van der Waals surface area (Å²) < 4.78 is 6.23. The Labute approximate surface area is 108 Å². The van der Waals surface area contributed by atoms with Gasteiger partial charge in [0.1, 0.15) is 11.6 Å². The van der Waals surface area contributed by atoms with Crippen LogP contribution in [0.2, 0.25) is 0 Å². The number of halogens is 1. The van der Waals surface area contributed by atoms with E-state index >= 15 is 0 Å². The van der Waals surface area contributed by atoms with Gasteiger partial charge in [-0.2, -0.15) is 0 Å². The van der Waals surface area contributed by atoms with Gasteiger partial charge in [-0.05, 0) is 30.2 Å². The number of nitrogens with zero attached hydrogens (tertiary/aromatic N) is 1. The fraction of sp³-hybridized carbons (Fsp3) is 0.250. The first-order valence-electron chi connectivity index (χ1n) is 5.28. The molecule has 0 aliphatic carbocycles. The van der Waals surface area contributed by atoms with Gasteiger partial charge in [0.2, 0.25) is 0 Å². The van der Waals surface area contributed by atoms with Crippen molar-refractivity contribution in [3.05, 3.63) is 46.5 Å². The summed E-state index contributed by atoms with van der Waals surface area (Å²) in [4.78, 5) is 7.18. The van der Waals surface area contributed by atoms with E-state index in [1.165, 1.54) is 0 Å². The molecule has 2 aromatic rings. The second-order valence-corrected chi connectivity index (χ2v) is 4.60. The molecule has 0 saturated heterocycles. The number of nitrogens with one attached hydrogen (secondary N) is 1.